The molecule has 0 N–H and O–H groups in total. The van der Waals surface area contributed by atoms with E-state index in [0.29, 0.717) is 6.07 Å². The summed E-state index contributed by atoms with van der Waals surface area (Å²) >= 11 is 0.666. The van der Waals surface area contributed by atoms with Gasteiger partial charge in [0.15, 0.2) is 0 Å². The van der Waals surface area contributed by atoms with Crippen molar-refractivity contribution in [3.8, 4) is 0 Å². The number of benzene rings is 1. The van der Waals surface area contributed by atoms with Gasteiger partial charge in [0.05, 0.1) is 0 Å². The van der Waals surface area contributed by atoms with E-state index in [4.69, 9.17) is 11.6 Å². The van der Waals surface area contributed by atoms with Crippen molar-refractivity contribution in [2.75, 3.05) is 0 Å². The Morgan fingerprint density at radius 2 is 1.71 bits per heavy atom. The molecule has 0 heterocycles. The van der Waals surface area contributed by atoms with Crippen molar-refractivity contribution in [2.24, 2.45) is 0 Å². The third-order valence-electron chi connectivity index (χ3n) is 1.39. The Bertz CT molecular complexity index is 335. The fourth-order valence-electron chi connectivity index (χ4n) is 0.839. The molecule has 0 fully saturated rings. The van der Waals surface area contributed by atoms with Gasteiger partial charge in [-0.1, -0.05) is 0 Å². The molecule has 0 nitrogen and oxygen atoms in total. The monoisotopic (exact) mass is 344 g/mol. The van der Waals surface area contributed by atoms with Gasteiger partial charge in [-0.15, -0.1) is 0 Å². The zero-order valence-electron chi connectivity index (χ0n) is 6.38. The second-order valence-corrected chi connectivity index (χ2v) is 5.04. The van der Waals surface area contributed by atoms with Crippen LogP contribution < -0.4 is 0 Å². The molecule has 0 aromatic heterocycles. The van der Waals surface area contributed by atoms with E-state index in [-0.39, 0.29) is 5.02 Å². The van der Waals surface area contributed by atoms with Crippen LogP contribution in [-0.4, -0.2) is 0 Å². The van der Waals surface area contributed by atoms with Gasteiger partial charge < -0.3 is 0 Å². The molecule has 0 bridgehead atoms. The summed E-state index contributed by atoms with van der Waals surface area (Å²) in [5, 5.41) is -0.196. The van der Waals surface area contributed by atoms with E-state index in [2.05, 4.69) is 0 Å². The summed E-state index contributed by atoms with van der Waals surface area (Å²) in [6, 6.07) is 2.31. The molecule has 0 saturated heterocycles. The molecule has 0 atom stereocenters. The number of alkyl halides is 3. The maximum atomic E-state index is 12.3. The topological polar surface area (TPSA) is 0 Å². The van der Waals surface area contributed by atoms with Gasteiger partial charge in [-0.3, -0.25) is 0 Å². The summed E-state index contributed by atoms with van der Waals surface area (Å²) in [6.45, 7) is 0. The molecule has 1 aromatic rings. The zero-order chi connectivity index (χ0) is 10.9. The quantitative estimate of drug-likeness (QED) is 0.507. The second-order valence-electron chi connectivity index (χ2n) is 2.32. The van der Waals surface area contributed by atoms with E-state index in [1.165, 1.54) is 0 Å². The van der Waals surface area contributed by atoms with Crippen molar-refractivity contribution in [3.05, 3.63) is 32.4 Å². The zero-order valence-corrected chi connectivity index (χ0v) is 9.29. The molecule has 0 amide bonds. The van der Waals surface area contributed by atoms with Crippen molar-refractivity contribution in [1.82, 2.24) is 0 Å². The molecule has 0 aliphatic heterocycles. The first-order valence-corrected chi connectivity index (χ1v) is 6.31. The summed E-state index contributed by atoms with van der Waals surface area (Å²) in [5.74, 6) is 0. The Morgan fingerprint density at radius 1 is 1.14 bits per heavy atom. The number of hydrogen-bond donors (Lipinski definition) is 0. The maximum absolute atomic E-state index is 12.3. The van der Waals surface area contributed by atoms with Crippen molar-refractivity contribution >= 4 is 32.6 Å². The van der Waals surface area contributed by atoms with Crippen LogP contribution in [0.1, 0.15) is 5.56 Å². The molecule has 1 aromatic carbocycles. The predicted octanol–water partition coefficient (Wildman–Crippen LogP) is 4.80. The molecule has 80 valence electrons. The van der Waals surface area contributed by atoms with E-state index in [1.807, 2.05) is 0 Å². The minimum atomic E-state index is -4.77. The molecular formula is C7H3ClF5I. The Balaban J connectivity index is 3.30. The van der Waals surface area contributed by atoms with Crippen molar-refractivity contribution in [2.45, 2.75) is 6.18 Å². The van der Waals surface area contributed by atoms with Gasteiger partial charge in [-0.05, 0) is 0 Å². The molecule has 0 saturated carbocycles. The first-order valence-electron chi connectivity index (χ1n) is 3.22. The van der Waals surface area contributed by atoms with E-state index in [9.17, 15) is 18.9 Å². The molecular weight excluding hydrogens is 341 g/mol. The Morgan fingerprint density at radius 3 is 2.14 bits per heavy atom. The second kappa shape index (κ2) is 4.18. The fraction of sp³-hybridized carbons (Fsp3) is 0.143. The van der Waals surface area contributed by atoms with Crippen molar-refractivity contribution in [3.63, 3.8) is 0 Å². The third kappa shape index (κ3) is 2.69. The van der Waals surface area contributed by atoms with Gasteiger partial charge in [0.25, 0.3) is 0 Å². The molecule has 0 radical (unpaired) electrons. The van der Waals surface area contributed by atoms with E-state index < -0.39 is 36.3 Å². The summed E-state index contributed by atoms with van der Waals surface area (Å²) < 4.78 is 60.4. The predicted molar refractivity (Wildman–Crippen MR) is 51.4 cm³/mol. The van der Waals surface area contributed by atoms with Crippen molar-refractivity contribution < 1.29 is 18.9 Å². The van der Waals surface area contributed by atoms with Crippen LogP contribution in [0.25, 0.3) is 0 Å². The molecule has 0 spiro atoms. The van der Waals surface area contributed by atoms with E-state index in [0.717, 1.165) is 12.1 Å². The van der Waals surface area contributed by atoms with Crippen LogP contribution in [0.4, 0.5) is 18.9 Å². The summed E-state index contributed by atoms with van der Waals surface area (Å²) in [6.07, 6.45) is -4.77. The first kappa shape index (κ1) is 12.0. The fourth-order valence-corrected chi connectivity index (χ4v) is 2.36. The van der Waals surface area contributed by atoms with Gasteiger partial charge >= 0.3 is 90.0 Å². The molecule has 0 unspecified atom stereocenters. The van der Waals surface area contributed by atoms with E-state index >= 15 is 0 Å². The summed E-state index contributed by atoms with van der Waals surface area (Å²) in [5.41, 5.74) is -1.32. The molecule has 7 heteroatoms. The van der Waals surface area contributed by atoms with Gasteiger partial charge in [0, 0.05) is 0 Å². The van der Waals surface area contributed by atoms with Gasteiger partial charge in [-0.2, -0.15) is 0 Å². The molecule has 0 aliphatic carbocycles. The normalized spacial score (nSPS) is 12.9. The molecule has 0 aliphatic rings. The molecule has 1 rings (SSSR count). The van der Waals surface area contributed by atoms with Gasteiger partial charge in [0.2, 0.25) is 0 Å². The first-order chi connectivity index (χ1) is 6.32. The Hall–Kier alpha value is -0.110. The number of halogens is 7. The van der Waals surface area contributed by atoms with Gasteiger partial charge in [-0.25, -0.2) is 0 Å². The Labute approximate surface area is 90.0 Å². The van der Waals surface area contributed by atoms with E-state index in [1.54, 1.807) is 0 Å². The van der Waals surface area contributed by atoms with Crippen LogP contribution in [0, 0.1) is 3.57 Å². The van der Waals surface area contributed by atoms with Crippen molar-refractivity contribution in [1.29, 1.82) is 0 Å². The Kier molecular flexibility index (Phi) is 3.57. The average Bonchev–Trinajstić information content (AvgIpc) is 2.01. The summed E-state index contributed by atoms with van der Waals surface area (Å²) in [7, 11) is 0. The number of hydrogen-bond acceptors (Lipinski definition) is 0. The summed E-state index contributed by atoms with van der Waals surface area (Å²) in [4.78, 5) is 0. The van der Waals surface area contributed by atoms with Crippen LogP contribution in [-0.2, 0) is 6.18 Å². The molecule has 14 heavy (non-hydrogen) atoms. The van der Waals surface area contributed by atoms with Crippen LogP contribution in [0.3, 0.4) is 0 Å². The van der Waals surface area contributed by atoms with Crippen LogP contribution >= 0.6 is 32.6 Å². The van der Waals surface area contributed by atoms with Gasteiger partial charge in [0.1, 0.15) is 0 Å². The third-order valence-corrected chi connectivity index (χ3v) is 3.44. The minimum absolute atomic E-state index is 0.196. The van der Waals surface area contributed by atoms with Crippen LogP contribution in [0.15, 0.2) is 18.2 Å². The standard InChI is InChI=1S/C7H3ClF5I/c8-4-1-2-6(14(12)13)5(3-4)7(9,10)11/h1-3H. The van der Waals surface area contributed by atoms with Crippen LogP contribution in [0.5, 0.6) is 0 Å². The number of rotatable bonds is 1. The average molecular weight is 344 g/mol. The van der Waals surface area contributed by atoms with Crippen LogP contribution in [0.2, 0.25) is 5.02 Å². The SMILES string of the molecule is FI(F)c1ccc(Cl)cc1C(F)(F)F.